The van der Waals surface area contributed by atoms with Crippen LogP contribution >= 0.6 is 0 Å². The summed E-state index contributed by atoms with van der Waals surface area (Å²) < 4.78 is 0. The fourth-order valence-corrected chi connectivity index (χ4v) is 2.67. The molecule has 0 aromatic heterocycles. The molecule has 0 spiro atoms. The van der Waals surface area contributed by atoms with Crippen molar-refractivity contribution in [3.63, 3.8) is 0 Å². The predicted octanol–water partition coefficient (Wildman–Crippen LogP) is 6.19. The SMILES string of the molecule is CCCCCCCCCCCCC[C@H](C)CCC(=O)O. The Bertz CT molecular complexity index is 213. The van der Waals surface area contributed by atoms with E-state index in [0.29, 0.717) is 12.3 Å². The van der Waals surface area contributed by atoms with Crippen LogP contribution in [0.3, 0.4) is 0 Å². The Morgan fingerprint density at radius 3 is 1.70 bits per heavy atom. The molecular weight excluding hydrogens is 248 g/mol. The summed E-state index contributed by atoms with van der Waals surface area (Å²) >= 11 is 0. The van der Waals surface area contributed by atoms with Gasteiger partial charge in [0.2, 0.25) is 0 Å². The number of unbranched alkanes of at least 4 members (excludes halogenated alkanes) is 10. The molecule has 0 radical (unpaired) electrons. The van der Waals surface area contributed by atoms with Crippen molar-refractivity contribution in [2.75, 3.05) is 0 Å². The molecule has 0 rings (SSSR count). The van der Waals surface area contributed by atoms with E-state index in [0.717, 1.165) is 6.42 Å². The van der Waals surface area contributed by atoms with E-state index in [9.17, 15) is 4.79 Å². The van der Waals surface area contributed by atoms with E-state index in [1.165, 1.54) is 77.0 Å². The summed E-state index contributed by atoms with van der Waals surface area (Å²) in [5.74, 6) is -0.0829. The maximum atomic E-state index is 10.5. The lowest BCUT2D eigenvalue weighted by atomic mass is 9.97. The van der Waals surface area contributed by atoms with Crippen molar-refractivity contribution in [3.8, 4) is 0 Å². The van der Waals surface area contributed by atoms with Crippen LogP contribution in [0, 0.1) is 5.92 Å². The van der Waals surface area contributed by atoms with Crippen molar-refractivity contribution in [2.45, 2.75) is 104 Å². The van der Waals surface area contributed by atoms with Crippen molar-refractivity contribution in [1.29, 1.82) is 0 Å². The van der Waals surface area contributed by atoms with Gasteiger partial charge in [-0.05, 0) is 12.3 Å². The van der Waals surface area contributed by atoms with Crippen molar-refractivity contribution in [2.24, 2.45) is 5.92 Å². The van der Waals surface area contributed by atoms with Crippen LogP contribution in [-0.4, -0.2) is 11.1 Å². The topological polar surface area (TPSA) is 37.3 Å². The van der Waals surface area contributed by atoms with E-state index in [4.69, 9.17) is 5.11 Å². The standard InChI is InChI=1S/C18H36O2/c1-3-4-5-6-7-8-9-10-11-12-13-14-17(2)15-16-18(19)20/h17H,3-16H2,1-2H3,(H,19,20)/t17-/m0/s1. The van der Waals surface area contributed by atoms with Gasteiger partial charge in [-0.1, -0.05) is 90.9 Å². The molecule has 0 saturated carbocycles. The normalized spacial score (nSPS) is 12.5. The quantitative estimate of drug-likeness (QED) is 0.364. The van der Waals surface area contributed by atoms with Crippen LogP contribution in [0.15, 0.2) is 0 Å². The third kappa shape index (κ3) is 15.5. The fraction of sp³-hybridized carbons (Fsp3) is 0.944. The minimum Gasteiger partial charge on any atom is -0.481 e. The minimum atomic E-state index is -0.657. The van der Waals surface area contributed by atoms with Gasteiger partial charge < -0.3 is 5.11 Å². The first-order valence-electron chi connectivity index (χ1n) is 8.88. The number of rotatable bonds is 15. The summed E-state index contributed by atoms with van der Waals surface area (Å²) in [4.78, 5) is 10.5. The molecule has 1 N–H and O–H groups in total. The van der Waals surface area contributed by atoms with E-state index >= 15 is 0 Å². The van der Waals surface area contributed by atoms with Gasteiger partial charge in [-0.2, -0.15) is 0 Å². The van der Waals surface area contributed by atoms with Crippen LogP contribution in [0.1, 0.15) is 104 Å². The number of carboxylic acids is 1. The first kappa shape index (κ1) is 19.5. The molecule has 0 bridgehead atoms. The van der Waals surface area contributed by atoms with Crippen LogP contribution in [0.4, 0.5) is 0 Å². The molecule has 20 heavy (non-hydrogen) atoms. The molecule has 0 amide bonds. The molecule has 2 heteroatoms. The molecule has 0 aliphatic carbocycles. The fourth-order valence-electron chi connectivity index (χ4n) is 2.67. The smallest absolute Gasteiger partial charge is 0.303 e. The molecule has 120 valence electrons. The second-order valence-corrected chi connectivity index (χ2v) is 6.36. The monoisotopic (exact) mass is 284 g/mol. The zero-order valence-corrected chi connectivity index (χ0v) is 13.8. The number of aliphatic carboxylic acids is 1. The van der Waals surface area contributed by atoms with Gasteiger partial charge in [-0.25, -0.2) is 0 Å². The Morgan fingerprint density at radius 2 is 1.25 bits per heavy atom. The number of carboxylic acid groups (broad SMARTS) is 1. The third-order valence-electron chi connectivity index (χ3n) is 4.15. The molecule has 0 fully saturated rings. The third-order valence-corrected chi connectivity index (χ3v) is 4.15. The van der Waals surface area contributed by atoms with Crippen molar-refractivity contribution < 1.29 is 9.90 Å². The molecule has 0 heterocycles. The summed E-state index contributed by atoms with van der Waals surface area (Å²) in [6, 6.07) is 0. The predicted molar refractivity (Wildman–Crippen MR) is 87.1 cm³/mol. The highest BCUT2D eigenvalue weighted by Gasteiger charge is 2.04. The van der Waals surface area contributed by atoms with Gasteiger partial charge in [-0.3, -0.25) is 4.79 Å². The lowest BCUT2D eigenvalue weighted by Crippen LogP contribution is -2.01. The number of hydrogen-bond acceptors (Lipinski definition) is 1. The zero-order valence-electron chi connectivity index (χ0n) is 13.8. The second-order valence-electron chi connectivity index (χ2n) is 6.36. The van der Waals surface area contributed by atoms with Crippen molar-refractivity contribution in [1.82, 2.24) is 0 Å². The van der Waals surface area contributed by atoms with Crippen LogP contribution in [0.5, 0.6) is 0 Å². The summed E-state index contributed by atoms with van der Waals surface area (Å²) in [5.41, 5.74) is 0. The molecule has 1 atom stereocenters. The van der Waals surface area contributed by atoms with Crippen molar-refractivity contribution >= 4 is 5.97 Å². The summed E-state index contributed by atoms with van der Waals surface area (Å²) in [5, 5.41) is 8.62. The Kier molecular flexibility index (Phi) is 14.5. The molecule has 0 unspecified atom stereocenters. The van der Waals surface area contributed by atoms with Gasteiger partial charge in [0.25, 0.3) is 0 Å². The largest absolute Gasteiger partial charge is 0.481 e. The summed E-state index contributed by atoms with van der Waals surface area (Å²) in [7, 11) is 0. The number of hydrogen-bond donors (Lipinski definition) is 1. The Balaban J connectivity index is 3.10. The molecule has 0 aromatic carbocycles. The highest BCUT2D eigenvalue weighted by Crippen LogP contribution is 2.16. The highest BCUT2D eigenvalue weighted by molar-refractivity contribution is 5.66. The second kappa shape index (κ2) is 14.9. The van der Waals surface area contributed by atoms with Gasteiger partial charge >= 0.3 is 5.97 Å². The maximum absolute atomic E-state index is 10.5. The van der Waals surface area contributed by atoms with E-state index in [-0.39, 0.29) is 0 Å². The number of carbonyl (C=O) groups is 1. The Hall–Kier alpha value is -0.530. The maximum Gasteiger partial charge on any atom is 0.303 e. The van der Waals surface area contributed by atoms with Gasteiger partial charge in [0.05, 0.1) is 0 Å². The van der Waals surface area contributed by atoms with E-state index < -0.39 is 5.97 Å². The minimum absolute atomic E-state index is 0.333. The Labute approximate surface area is 126 Å². The average Bonchev–Trinajstić information content (AvgIpc) is 2.42. The highest BCUT2D eigenvalue weighted by atomic mass is 16.4. The van der Waals surface area contributed by atoms with Crippen LogP contribution in [-0.2, 0) is 4.79 Å². The first-order valence-corrected chi connectivity index (χ1v) is 8.88. The van der Waals surface area contributed by atoms with E-state index in [1.807, 2.05) is 0 Å². The van der Waals surface area contributed by atoms with Crippen LogP contribution in [0.25, 0.3) is 0 Å². The van der Waals surface area contributed by atoms with Crippen LogP contribution in [0.2, 0.25) is 0 Å². The lowest BCUT2D eigenvalue weighted by Gasteiger charge is -2.09. The van der Waals surface area contributed by atoms with Gasteiger partial charge in [-0.15, -0.1) is 0 Å². The van der Waals surface area contributed by atoms with Gasteiger partial charge in [0.15, 0.2) is 0 Å². The van der Waals surface area contributed by atoms with E-state index in [2.05, 4.69) is 13.8 Å². The molecular formula is C18H36O2. The van der Waals surface area contributed by atoms with Crippen LogP contribution < -0.4 is 0 Å². The van der Waals surface area contributed by atoms with Gasteiger partial charge in [0, 0.05) is 6.42 Å². The molecule has 0 aromatic rings. The zero-order chi connectivity index (χ0) is 15.1. The first-order chi connectivity index (χ1) is 9.66. The van der Waals surface area contributed by atoms with Gasteiger partial charge in [0.1, 0.15) is 0 Å². The lowest BCUT2D eigenvalue weighted by molar-refractivity contribution is -0.137. The Morgan fingerprint density at radius 1 is 0.800 bits per heavy atom. The molecule has 0 aliphatic rings. The summed E-state index contributed by atoms with van der Waals surface area (Å²) in [6.07, 6.45) is 17.6. The van der Waals surface area contributed by atoms with Crippen molar-refractivity contribution in [3.05, 3.63) is 0 Å². The average molecular weight is 284 g/mol. The summed E-state index contributed by atoms with van der Waals surface area (Å²) in [6.45, 7) is 4.45. The molecule has 2 nitrogen and oxygen atoms in total. The van der Waals surface area contributed by atoms with E-state index in [1.54, 1.807) is 0 Å². The molecule has 0 saturated heterocycles. The molecule has 0 aliphatic heterocycles.